The SMILES string of the molecule is COC(=O)c1ccc(OCCOc2cc(Br)ccc2-c2cc(=O)c3cccc(Cl)c3o2)cc1. The van der Waals surface area contributed by atoms with E-state index in [1.807, 2.05) is 6.07 Å². The number of benzene rings is 3. The number of carbonyl (C=O) groups is 1. The van der Waals surface area contributed by atoms with Gasteiger partial charge in [0.2, 0.25) is 0 Å². The van der Waals surface area contributed by atoms with Crippen LogP contribution in [0.2, 0.25) is 5.02 Å². The fourth-order valence-electron chi connectivity index (χ4n) is 3.21. The summed E-state index contributed by atoms with van der Waals surface area (Å²) in [4.78, 5) is 24.1. The van der Waals surface area contributed by atoms with Gasteiger partial charge in [-0.25, -0.2) is 4.79 Å². The highest BCUT2D eigenvalue weighted by Gasteiger charge is 2.14. The van der Waals surface area contributed by atoms with E-state index in [0.717, 1.165) is 4.47 Å². The van der Waals surface area contributed by atoms with Crippen LogP contribution in [0.3, 0.4) is 0 Å². The van der Waals surface area contributed by atoms with Gasteiger partial charge in [-0.15, -0.1) is 0 Å². The van der Waals surface area contributed by atoms with Crippen LogP contribution in [0.15, 0.2) is 80.4 Å². The van der Waals surface area contributed by atoms with Crippen molar-refractivity contribution in [3.8, 4) is 22.8 Å². The maximum atomic E-state index is 12.6. The molecule has 0 aliphatic rings. The minimum atomic E-state index is -0.409. The number of ether oxygens (including phenoxy) is 3. The molecular weight excluding hydrogens is 512 g/mol. The van der Waals surface area contributed by atoms with E-state index < -0.39 is 5.97 Å². The van der Waals surface area contributed by atoms with Gasteiger partial charge in [-0.3, -0.25) is 4.79 Å². The Morgan fingerprint density at radius 1 is 1.00 bits per heavy atom. The molecule has 0 atom stereocenters. The van der Waals surface area contributed by atoms with Crippen molar-refractivity contribution in [1.82, 2.24) is 0 Å². The van der Waals surface area contributed by atoms with Crippen molar-refractivity contribution in [2.45, 2.75) is 0 Å². The first-order chi connectivity index (χ1) is 16.0. The molecule has 0 radical (unpaired) electrons. The van der Waals surface area contributed by atoms with E-state index in [-0.39, 0.29) is 18.6 Å². The highest BCUT2D eigenvalue weighted by Crippen LogP contribution is 2.34. The summed E-state index contributed by atoms with van der Waals surface area (Å²) in [6, 6.07) is 18.5. The molecular formula is C25H18BrClO6. The molecule has 0 aliphatic carbocycles. The van der Waals surface area contributed by atoms with Gasteiger partial charge in [0, 0.05) is 10.5 Å². The van der Waals surface area contributed by atoms with Crippen molar-refractivity contribution in [2.75, 3.05) is 20.3 Å². The molecule has 0 amide bonds. The third-order valence-corrected chi connectivity index (χ3v) is 5.59. The first kappa shape index (κ1) is 22.9. The molecule has 4 rings (SSSR count). The molecule has 3 aromatic carbocycles. The minimum Gasteiger partial charge on any atom is -0.490 e. The van der Waals surface area contributed by atoms with Crippen LogP contribution in [-0.4, -0.2) is 26.3 Å². The number of para-hydroxylation sites is 1. The molecule has 4 aromatic rings. The number of halogens is 2. The fourth-order valence-corrected chi connectivity index (χ4v) is 3.76. The lowest BCUT2D eigenvalue weighted by molar-refractivity contribution is 0.0600. The Bertz CT molecular complexity index is 1360. The molecule has 0 aliphatic heterocycles. The second-order valence-electron chi connectivity index (χ2n) is 6.94. The zero-order valence-corrected chi connectivity index (χ0v) is 19.8. The Kier molecular flexibility index (Phi) is 7.01. The summed E-state index contributed by atoms with van der Waals surface area (Å²) in [6.07, 6.45) is 0. The van der Waals surface area contributed by atoms with Gasteiger partial charge in [0.25, 0.3) is 0 Å². The van der Waals surface area contributed by atoms with Crippen molar-refractivity contribution in [1.29, 1.82) is 0 Å². The molecule has 0 bridgehead atoms. The molecule has 0 saturated carbocycles. The Hall–Kier alpha value is -3.29. The Balaban J connectivity index is 1.50. The second kappa shape index (κ2) is 10.1. The van der Waals surface area contributed by atoms with Gasteiger partial charge in [-0.05, 0) is 54.6 Å². The van der Waals surface area contributed by atoms with Crippen molar-refractivity contribution in [3.05, 3.63) is 92.0 Å². The molecule has 6 nitrogen and oxygen atoms in total. The van der Waals surface area contributed by atoms with Crippen LogP contribution in [-0.2, 0) is 4.74 Å². The summed E-state index contributed by atoms with van der Waals surface area (Å²) < 4.78 is 23.1. The van der Waals surface area contributed by atoms with Gasteiger partial charge in [0.15, 0.2) is 11.0 Å². The van der Waals surface area contributed by atoms with Crippen molar-refractivity contribution in [3.63, 3.8) is 0 Å². The number of carbonyl (C=O) groups excluding carboxylic acids is 1. The van der Waals surface area contributed by atoms with Gasteiger partial charge in [0.05, 0.1) is 28.6 Å². The molecule has 8 heteroatoms. The van der Waals surface area contributed by atoms with Crippen LogP contribution >= 0.6 is 27.5 Å². The largest absolute Gasteiger partial charge is 0.490 e. The third-order valence-electron chi connectivity index (χ3n) is 4.80. The topological polar surface area (TPSA) is 75.0 Å². The highest BCUT2D eigenvalue weighted by atomic mass is 79.9. The summed E-state index contributed by atoms with van der Waals surface area (Å²) in [5.41, 5.74) is 1.19. The van der Waals surface area contributed by atoms with Crippen molar-refractivity contribution >= 4 is 44.5 Å². The van der Waals surface area contributed by atoms with E-state index in [0.29, 0.717) is 44.4 Å². The fraction of sp³-hybridized carbons (Fsp3) is 0.120. The summed E-state index contributed by atoms with van der Waals surface area (Å²) in [5.74, 6) is 1.05. The zero-order valence-electron chi connectivity index (χ0n) is 17.5. The normalized spacial score (nSPS) is 10.8. The van der Waals surface area contributed by atoms with Crippen LogP contribution in [0.4, 0.5) is 0 Å². The van der Waals surface area contributed by atoms with Gasteiger partial charge < -0.3 is 18.6 Å². The maximum absolute atomic E-state index is 12.6. The molecule has 1 aromatic heterocycles. The second-order valence-corrected chi connectivity index (χ2v) is 8.27. The van der Waals surface area contributed by atoms with Gasteiger partial charge in [-0.2, -0.15) is 0 Å². The van der Waals surface area contributed by atoms with Crippen LogP contribution in [0, 0.1) is 0 Å². The third kappa shape index (κ3) is 5.21. The minimum absolute atomic E-state index is 0.193. The lowest BCUT2D eigenvalue weighted by Gasteiger charge is -2.13. The first-order valence-corrected chi connectivity index (χ1v) is 11.1. The van der Waals surface area contributed by atoms with Crippen LogP contribution in [0.25, 0.3) is 22.3 Å². The number of rotatable bonds is 7. The lowest BCUT2D eigenvalue weighted by atomic mass is 10.1. The number of fused-ring (bicyclic) bond motifs is 1. The number of hydrogen-bond acceptors (Lipinski definition) is 6. The average molecular weight is 530 g/mol. The van der Waals surface area contributed by atoms with Crippen LogP contribution in [0.1, 0.15) is 10.4 Å². The van der Waals surface area contributed by atoms with Crippen molar-refractivity contribution < 1.29 is 23.4 Å². The Labute approximate surface area is 202 Å². The highest BCUT2D eigenvalue weighted by molar-refractivity contribution is 9.10. The quantitative estimate of drug-likeness (QED) is 0.212. The average Bonchev–Trinajstić information content (AvgIpc) is 2.82. The van der Waals surface area contributed by atoms with E-state index in [2.05, 4.69) is 20.7 Å². The summed E-state index contributed by atoms with van der Waals surface area (Å²) >= 11 is 9.68. The maximum Gasteiger partial charge on any atom is 0.337 e. The predicted octanol–water partition coefficient (Wildman–Crippen LogP) is 6.12. The predicted molar refractivity (Wildman–Crippen MR) is 129 cm³/mol. The molecule has 0 fully saturated rings. The lowest BCUT2D eigenvalue weighted by Crippen LogP contribution is -2.10. The molecule has 33 heavy (non-hydrogen) atoms. The summed E-state index contributed by atoms with van der Waals surface area (Å²) in [5, 5.41) is 0.773. The van der Waals surface area contributed by atoms with E-state index in [4.69, 9.17) is 25.5 Å². The van der Waals surface area contributed by atoms with E-state index in [1.54, 1.807) is 54.6 Å². The van der Waals surface area contributed by atoms with E-state index in [1.165, 1.54) is 13.2 Å². The Morgan fingerprint density at radius 2 is 1.76 bits per heavy atom. The number of methoxy groups -OCH3 is 1. The zero-order chi connectivity index (χ0) is 23.4. The van der Waals surface area contributed by atoms with E-state index >= 15 is 0 Å². The molecule has 168 valence electrons. The monoisotopic (exact) mass is 528 g/mol. The molecule has 0 saturated heterocycles. The van der Waals surface area contributed by atoms with E-state index in [9.17, 15) is 9.59 Å². The molecule has 0 spiro atoms. The first-order valence-electron chi connectivity index (χ1n) is 9.92. The molecule has 1 heterocycles. The molecule has 0 N–H and O–H groups in total. The van der Waals surface area contributed by atoms with Crippen LogP contribution in [0.5, 0.6) is 11.5 Å². The number of hydrogen-bond donors (Lipinski definition) is 0. The van der Waals surface area contributed by atoms with Gasteiger partial charge in [-0.1, -0.05) is 33.6 Å². The van der Waals surface area contributed by atoms with Crippen LogP contribution < -0.4 is 14.9 Å². The Morgan fingerprint density at radius 3 is 2.52 bits per heavy atom. The smallest absolute Gasteiger partial charge is 0.337 e. The van der Waals surface area contributed by atoms with Crippen molar-refractivity contribution in [2.24, 2.45) is 0 Å². The molecule has 0 unspecified atom stereocenters. The summed E-state index contributed by atoms with van der Waals surface area (Å²) in [7, 11) is 1.33. The number of esters is 1. The standard InChI is InChI=1S/C25H18BrClO6/c1-30-25(29)15-5-8-17(9-6-15)31-11-12-32-22-13-16(26)7-10-19(22)23-14-21(28)18-3-2-4-20(27)24(18)33-23/h2-10,13-14H,11-12H2,1H3. The van der Waals surface area contributed by atoms with Gasteiger partial charge in [0.1, 0.15) is 30.5 Å². The van der Waals surface area contributed by atoms with Gasteiger partial charge >= 0.3 is 5.97 Å². The summed E-state index contributed by atoms with van der Waals surface area (Å²) in [6.45, 7) is 0.498.